The molecule has 0 saturated carbocycles. The van der Waals surface area contributed by atoms with Crippen LogP contribution in [0.1, 0.15) is 104 Å². The van der Waals surface area contributed by atoms with Gasteiger partial charge >= 0.3 is 0 Å². The molecule has 21 heavy (non-hydrogen) atoms. The molecular formula is C19H40O2. The van der Waals surface area contributed by atoms with E-state index in [2.05, 4.69) is 13.8 Å². The number of unbranched alkanes of at least 4 members (excludes halogenated alkanes) is 9. The Morgan fingerprint density at radius 2 is 1.14 bits per heavy atom. The Labute approximate surface area is 133 Å². The van der Waals surface area contributed by atoms with Crippen molar-refractivity contribution in [2.24, 2.45) is 0 Å². The fraction of sp³-hybridized carbons (Fsp3) is 1.00. The molecule has 2 unspecified atom stereocenters. The van der Waals surface area contributed by atoms with E-state index in [1.807, 2.05) is 6.92 Å². The lowest BCUT2D eigenvalue weighted by Gasteiger charge is -2.19. The zero-order valence-electron chi connectivity index (χ0n) is 14.9. The summed E-state index contributed by atoms with van der Waals surface area (Å²) in [7, 11) is 0. The van der Waals surface area contributed by atoms with E-state index in [9.17, 15) is 5.11 Å². The van der Waals surface area contributed by atoms with E-state index in [1.165, 1.54) is 83.5 Å². The van der Waals surface area contributed by atoms with Crippen molar-refractivity contribution < 1.29 is 9.84 Å². The minimum Gasteiger partial charge on any atom is -0.391 e. The minimum absolute atomic E-state index is 0.336. The van der Waals surface area contributed by atoms with E-state index in [0.717, 1.165) is 0 Å². The van der Waals surface area contributed by atoms with E-state index in [1.54, 1.807) is 0 Å². The predicted octanol–water partition coefficient (Wildman–Crippen LogP) is 5.86. The topological polar surface area (TPSA) is 29.5 Å². The van der Waals surface area contributed by atoms with Gasteiger partial charge in [0, 0.05) is 0 Å². The number of ether oxygens (including phenoxy) is 1. The Kier molecular flexibility index (Phi) is 16.2. The van der Waals surface area contributed by atoms with Crippen molar-refractivity contribution in [3.63, 3.8) is 0 Å². The van der Waals surface area contributed by atoms with Crippen LogP contribution in [0.4, 0.5) is 0 Å². The molecule has 0 bridgehead atoms. The van der Waals surface area contributed by atoms with Crippen LogP contribution < -0.4 is 0 Å². The first kappa shape index (κ1) is 20.9. The van der Waals surface area contributed by atoms with Crippen molar-refractivity contribution in [3.8, 4) is 0 Å². The Morgan fingerprint density at radius 3 is 1.62 bits per heavy atom. The maximum absolute atomic E-state index is 9.38. The summed E-state index contributed by atoms with van der Waals surface area (Å²) in [4.78, 5) is 0. The largest absolute Gasteiger partial charge is 0.391 e. The SMILES string of the molecule is CCCCCCCCCC(CCCCCC)OCC(C)O. The van der Waals surface area contributed by atoms with Gasteiger partial charge in [-0.25, -0.2) is 0 Å². The molecule has 128 valence electrons. The summed E-state index contributed by atoms with van der Waals surface area (Å²) >= 11 is 0. The molecule has 2 atom stereocenters. The smallest absolute Gasteiger partial charge is 0.0745 e. The Bertz CT molecular complexity index is 192. The van der Waals surface area contributed by atoms with Crippen LogP contribution in [-0.4, -0.2) is 23.9 Å². The number of hydrogen-bond acceptors (Lipinski definition) is 2. The van der Waals surface area contributed by atoms with Crippen molar-refractivity contribution >= 4 is 0 Å². The first-order valence-corrected chi connectivity index (χ1v) is 9.50. The van der Waals surface area contributed by atoms with Gasteiger partial charge in [-0.2, -0.15) is 0 Å². The van der Waals surface area contributed by atoms with Gasteiger partial charge in [0.25, 0.3) is 0 Å². The average molecular weight is 301 g/mol. The van der Waals surface area contributed by atoms with Crippen LogP contribution in [0.5, 0.6) is 0 Å². The number of hydrogen-bond donors (Lipinski definition) is 1. The second-order valence-electron chi connectivity index (χ2n) is 6.56. The van der Waals surface area contributed by atoms with Crippen molar-refractivity contribution in [2.75, 3.05) is 6.61 Å². The molecule has 0 aromatic heterocycles. The summed E-state index contributed by atoms with van der Waals surface area (Å²) in [5, 5.41) is 9.38. The van der Waals surface area contributed by atoms with Crippen LogP contribution >= 0.6 is 0 Å². The standard InChI is InChI=1S/C19H40O2/c1-4-6-8-10-11-12-14-16-19(21-17-18(3)20)15-13-9-7-5-2/h18-20H,4-17H2,1-3H3. The third-order valence-electron chi connectivity index (χ3n) is 4.08. The normalized spacial score (nSPS) is 14.3. The van der Waals surface area contributed by atoms with Crippen molar-refractivity contribution in [3.05, 3.63) is 0 Å². The summed E-state index contributed by atoms with van der Waals surface area (Å²) in [5.41, 5.74) is 0. The van der Waals surface area contributed by atoms with Gasteiger partial charge in [0.05, 0.1) is 18.8 Å². The third kappa shape index (κ3) is 16.1. The van der Waals surface area contributed by atoms with Crippen molar-refractivity contribution in [1.29, 1.82) is 0 Å². The average Bonchev–Trinajstić information content (AvgIpc) is 2.47. The van der Waals surface area contributed by atoms with Gasteiger partial charge < -0.3 is 9.84 Å². The molecule has 0 spiro atoms. The first-order chi connectivity index (χ1) is 10.2. The molecule has 0 aromatic carbocycles. The molecule has 0 aliphatic rings. The summed E-state index contributed by atoms with van der Waals surface area (Å²) in [5.74, 6) is 0. The molecule has 0 amide bonds. The highest BCUT2D eigenvalue weighted by atomic mass is 16.5. The maximum Gasteiger partial charge on any atom is 0.0745 e. The summed E-state index contributed by atoms with van der Waals surface area (Å²) < 4.78 is 5.88. The van der Waals surface area contributed by atoms with Gasteiger partial charge in [-0.05, 0) is 19.8 Å². The van der Waals surface area contributed by atoms with E-state index < -0.39 is 0 Å². The number of rotatable bonds is 16. The van der Waals surface area contributed by atoms with E-state index in [0.29, 0.717) is 12.7 Å². The van der Waals surface area contributed by atoms with Crippen molar-refractivity contribution in [1.82, 2.24) is 0 Å². The highest BCUT2D eigenvalue weighted by molar-refractivity contribution is 4.61. The van der Waals surface area contributed by atoms with Crippen LogP contribution in [-0.2, 0) is 4.74 Å². The highest BCUT2D eigenvalue weighted by Gasteiger charge is 2.10. The molecule has 0 radical (unpaired) electrons. The van der Waals surface area contributed by atoms with Crippen LogP contribution in [0.15, 0.2) is 0 Å². The zero-order chi connectivity index (χ0) is 15.8. The quantitative estimate of drug-likeness (QED) is 0.362. The molecule has 0 aromatic rings. The minimum atomic E-state index is -0.336. The lowest BCUT2D eigenvalue weighted by molar-refractivity contribution is -0.0118. The Morgan fingerprint density at radius 1 is 0.714 bits per heavy atom. The molecular weight excluding hydrogens is 260 g/mol. The van der Waals surface area contributed by atoms with Gasteiger partial charge in [-0.15, -0.1) is 0 Å². The lowest BCUT2D eigenvalue weighted by Crippen LogP contribution is -2.19. The van der Waals surface area contributed by atoms with Gasteiger partial charge in [-0.3, -0.25) is 0 Å². The second kappa shape index (κ2) is 16.3. The van der Waals surface area contributed by atoms with Crippen LogP contribution in [0.25, 0.3) is 0 Å². The molecule has 2 nitrogen and oxygen atoms in total. The molecule has 0 aliphatic carbocycles. The van der Waals surface area contributed by atoms with Crippen molar-refractivity contribution in [2.45, 2.75) is 116 Å². The van der Waals surface area contributed by atoms with Crippen LogP contribution in [0.3, 0.4) is 0 Å². The maximum atomic E-state index is 9.38. The molecule has 0 heterocycles. The van der Waals surface area contributed by atoms with E-state index in [4.69, 9.17) is 4.74 Å². The second-order valence-corrected chi connectivity index (χ2v) is 6.56. The zero-order valence-corrected chi connectivity index (χ0v) is 14.9. The molecule has 0 saturated heterocycles. The van der Waals surface area contributed by atoms with Gasteiger partial charge in [0.15, 0.2) is 0 Å². The fourth-order valence-electron chi connectivity index (χ4n) is 2.71. The number of aliphatic hydroxyl groups is 1. The summed E-state index contributed by atoms with van der Waals surface area (Å²) in [6.45, 7) is 6.82. The highest BCUT2D eigenvalue weighted by Crippen LogP contribution is 2.16. The third-order valence-corrected chi connectivity index (χ3v) is 4.08. The van der Waals surface area contributed by atoms with Crippen LogP contribution in [0.2, 0.25) is 0 Å². The van der Waals surface area contributed by atoms with E-state index in [-0.39, 0.29) is 6.10 Å². The molecule has 0 aliphatic heterocycles. The van der Waals surface area contributed by atoms with Gasteiger partial charge in [-0.1, -0.05) is 84.5 Å². The molecule has 0 fully saturated rings. The predicted molar refractivity (Wildman–Crippen MR) is 92.8 cm³/mol. The summed E-state index contributed by atoms with van der Waals surface area (Å²) in [6.07, 6.45) is 17.1. The van der Waals surface area contributed by atoms with Gasteiger partial charge in [0.1, 0.15) is 0 Å². The van der Waals surface area contributed by atoms with Gasteiger partial charge in [0.2, 0.25) is 0 Å². The lowest BCUT2D eigenvalue weighted by atomic mass is 10.0. The molecule has 2 heteroatoms. The van der Waals surface area contributed by atoms with Crippen LogP contribution in [0, 0.1) is 0 Å². The monoisotopic (exact) mass is 300 g/mol. The summed E-state index contributed by atoms with van der Waals surface area (Å²) in [6, 6.07) is 0. The fourth-order valence-corrected chi connectivity index (χ4v) is 2.71. The Balaban J connectivity index is 3.66. The Hall–Kier alpha value is -0.0800. The molecule has 1 N–H and O–H groups in total. The van der Waals surface area contributed by atoms with E-state index >= 15 is 0 Å². The number of aliphatic hydroxyl groups excluding tert-OH is 1. The first-order valence-electron chi connectivity index (χ1n) is 9.50. The molecule has 0 rings (SSSR count).